The molecule has 2 fully saturated rings. The lowest BCUT2D eigenvalue weighted by molar-refractivity contribution is -0.136. The van der Waals surface area contributed by atoms with E-state index in [1.807, 2.05) is 4.90 Å². The Morgan fingerprint density at radius 1 is 1.15 bits per heavy atom. The molecule has 0 spiro atoms. The molecular formula is C16H35Cl3N4O3. The third kappa shape index (κ3) is 8.44. The summed E-state index contributed by atoms with van der Waals surface area (Å²) in [6.45, 7) is 11.7. The molecule has 1 amide bonds. The quantitative estimate of drug-likeness (QED) is 0.652. The van der Waals surface area contributed by atoms with Crippen LogP contribution in [0.4, 0.5) is 0 Å². The van der Waals surface area contributed by atoms with E-state index < -0.39 is 6.04 Å². The predicted octanol–water partition coefficient (Wildman–Crippen LogP) is 0.479. The number of ether oxygens (including phenoxy) is 2. The second-order valence-corrected chi connectivity index (χ2v) is 6.77. The molecule has 2 aliphatic rings. The summed E-state index contributed by atoms with van der Waals surface area (Å²) in [6, 6.07) is 0.0194. The molecular weight excluding hydrogens is 403 g/mol. The predicted molar refractivity (Wildman–Crippen MR) is 111 cm³/mol. The normalized spacial score (nSPS) is 22.8. The fraction of sp³-hybridized carbons (Fsp3) is 0.938. The summed E-state index contributed by atoms with van der Waals surface area (Å²) in [5.41, 5.74) is 5.83. The second kappa shape index (κ2) is 14.2. The van der Waals surface area contributed by atoms with Crippen molar-refractivity contribution in [1.29, 1.82) is 0 Å². The minimum absolute atomic E-state index is 0. The number of hydrogen-bond donors (Lipinski definition) is 1. The molecule has 2 saturated heterocycles. The molecule has 158 valence electrons. The highest BCUT2D eigenvalue weighted by molar-refractivity contribution is 5.86. The number of amides is 1. The Morgan fingerprint density at radius 3 is 2.31 bits per heavy atom. The van der Waals surface area contributed by atoms with Gasteiger partial charge in [0.2, 0.25) is 5.91 Å². The van der Waals surface area contributed by atoms with Gasteiger partial charge in [-0.1, -0.05) is 0 Å². The van der Waals surface area contributed by atoms with Gasteiger partial charge in [0.1, 0.15) is 6.04 Å². The highest BCUT2D eigenvalue weighted by Crippen LogP contribution is 2.12. The molecule has 0 bridgehead atoms. The van der Waals surface area contributed by atoms with E-state index in [2.05, 4.69) is 23.6 Å². The van der Waals surface area contributed by atoms with Gasteiger partial charge in [-0.05, 0) is 13.8 Å². The molecule has 7 nitrogen and oxygen atoms in total. The standard InChI is InChI=1S/C16H32N4O3.3ClH/c1-13(2)20-8-9-23-14(11-20)10-18-4-6-19(7-5-18)16(21)15(17)12-22-3;;;/h13-15H,4-12,17H2,1-3H3;3*1H. The van der Waals surface area contributed by atoms with Crippen LogP contribution in [0, 0.1) is 0 Å². The van der Waals surface area contributed by atoms with Crippen molar-refractivity contribution < 1.29 is 14.3 Å². The Morgan fingerprint density at radius 2 is 1.77 bits per heavy atom. The van der Waals surface area contributed by atoms with Crippen molar-refractivity contribution in [2.75, 3.05) is 66.1 Å². The van der Waals surface area contributed by atoms with Crippen LogP contribution >= 0.6 is 37.2 Å². The topological polar surface area (TPSA) is 71.3 Å². The van der Waals surface area contributed by atoms with Crippen LogP contribution in [0.1, 0.15) is 13.8 Å². The summed E-state index contributed by atoms with van der Waals surface area (Å²) in [6.07, 6.45) is 0.268. The molecule has 2 heterocycles. The molecule has 2 aliphatic heterocycles. The van der Waals surface area contributed by atoms with Gasteiger partial charge in [-0.2, -0.15) is 0 Å². The molecule has 2 rings (SSSR count). The van der Waals surface area contributed by atoms with Crippen molar-refractivity contribution in [3.8, 4) is 0 Å². The monoisotopic (exact) mass is 436 g/mol. The molecule has 26 heavy (non-hydrogen) atoms. The number of halogens is 3. The first kappa shape index (κ1) is 28.4. The molecule has 2 N–H and O–H groups in total. The maximum atomic E-state index is 12.2. The van der Waals surface area contributed by atoms with Crippen molar-refractivity contribution >= 4 is 43.1 Å². The van der Waals surface area contributed by atoms with Crippen LogP contribution in [-0.2, 0) is 14.3 Å². The zero-order chi connectivity index (χ0) is 16.8. The number of carbonyl (C=O) groups is 1. The third-order valence-corrected chi connectivity index (χ3v) is 4.71. The van der Waals surface area contributed by atoms with Crippen LogP contribution in [0.5, 0.6) is 0 Å². The lowest BCUT2D eigenvalue weighted by Crippen LogP contribution is -2.56. The van der Waals surface area contributed by atoms with E-state index in [1.54, 1.807) is 7.11 Å². The second-order valence-electron chi connectivity index (χ2n) is 6.77. The smallest absolute Gasteiger partial charge is 0.241 e. The van der Waals surface area contributed by atoms with E-state index in [0.29, 0.717) is 6.04 Å². The van der Waals surface area contributed by atoms with E-state index >= 15 is 0 Å². The maximum absolute atomic E-state index is 12.2. The minimum atomic E-state index is -0.548. The average molecular weight is 438 g/mol. The van der Waals surface area contributed by atoms with Crippen molar-refractivity contribution in [3.05, 3.63) is 0 Å². The van der Waals surface area contributed by atoms with Crippen LogP contribution in [0.15, 0.2) is 0 Å². The van der Waals surface area contributed by atoms with Crippen molar-refractivity contribution in [2.24, 2.45) is 5.73 Å². The van der Waals surface area contributed by atoms with Crippen LogP contribution in [0.25, 0.3) is 0 Å². The molecule has 0 aromatic heterocycles. The average Bonchev–Trinajstić information content (AvgIpc) is 2.55. The van der Waals surface area contributed by atoms with Gasteiger partial charge in [-0.25, -0.2) is 0 Å². The third-order valence-electron chi connectivity index (χ3n) is 4.71. The van der Waals surface area contributed by atoms with Gasteiger partial charge in [-0.3, -0.25) is 14.6 Å². The summed E-state index contributed by atoms with van der Waals surface area (Å²) in [4.78, 5) is 18.9. The first-order valence-corrected chi connectivity index (χ1v) is 8.62. The minimum Gasteiger partial charge on any atom is -0.383 e. The summed E-state index contributed by atoms with van der Waals surface area (Å²) in [7, 11) is 1.57. The fourth-order valence-corrected chi connectivity index (χ4v) is 3.25. The van der Waals surface area contributed by atoms with Crippen molar-refractivity contribution in [2.45, 2.75) is 32.0 Å². The number of piperazine rings is 1. The Bertz CT molecular complexity index is 386. The largest absolute Gasteiger partial charge is 0.383 e. The van der Waals surface area contributed by atoms with Gasteiger partial charge in [0.25, 0.3) is 0 Å². The zero-order valence-corrected chi connectivity index (χ0v) is 18.4. The number of nitrogens with two attached hydrogens (primary N) is 1. The van der Waals surface area contributed by atoms with E-state index in [1.165, 1.54) is 0 Å². The van der Waals surface area contributed by atoms with Crippen LogP contribution in [-0.4, -0.2) is 105 Å². The molecule has 0 aromatic rings. The lowest BCUT2D eigenvalue weighted by atomic mass is 10.2. The zero-order valence-electron chi connectivity index (χ0n) is 16.0. The van der Waals surface area contributed by atoms with Gasteiger partial charge in [0.05, 0.1) is 19.3 Å². The molecule has 0 saturated carbocycles. The molecule has 2 unspecified atom stereocenters. The van der Waals surface area contributed by atoms with Crippen LogP contribution < -0.4 is 5.73 Å². The van der Waals surface area contributed by atoms with Crippen molar-refractivity contribution in [3.63, 3.8) is 0 Å². The summed E-state index contributed by atoms with van der Waals surface area (Å²) in [5, 5.41) is 0. The lowest BCUT2D eigenvalue weighted by Gasteiger charge is -2.40. The van der Waals surface area contributed by atoms with Crippen molar-refractivity contribution in [1.82, 2.24) is 14.7 Å². The van der Waals surface area contributed by atoms with Gasteiger partial charge in [0, 0.05) is 59.0 Å². The van der Waals surface area contributed by atoms with E-state index in [-0.39, 0.29) is 55.8 Å². The Labute approximate surface area is 176 Å². The Hall–Kier alpha value is 0.140. The van der Waals surface area contributed by atoms with E-state index in [0.717, 1.165) is 52.4 Å². The molecule has 0 aliphatic carbocycles. The molecule has 2 atom stereocenters. The number of rotatable bonds is 6. The maximum Gasteiger partial charge on any atom is 0.241 e. The van der Waals surface area contributed by atoms with Gasteiger partial charge in [-0.15, -0.1) is 37.2 Å². The molecule has 0 aromatic carbocycles. The number of methoxy groups -OCH3 is 1. The molecule has 0 radical (unpaired) electrons. The van der Waals surface area contributed by atoms with E-state index in [9.17, 15) is 4.79 Å². The Kier molecular flexibility index (Phi) is 15.5. The summed E-state index contributed by atoms with van der Waals surface area (Å²) < 4.78 is 10.9. The highest BCUT2D eigenvalue weighted by Gasteiger charge is 2.28. The SMILES string of the molecule is COCC(N)C(=O)N1CCN(CC2CN(C(C)C)CCO2)CC1.Cl.Cl.Cl. The van der Waals surface area contributed by atoms with Crippen LogP contribution in [0.3, 0.4) is 0 Å². The van der Waals surface area contributed by atoms with Gasteiger partial charge >= 0.3 is 0 Å². The van der Waals surface area contributed by atoms with Gasteiger partial charge < -0.3 is 20.1 Å². The summed E-state index contributed by atoms with van der Waals surface area (Å²) >= 11 is 0. The number of hydrogen-bond acceptors (Lipinski definition) is 6. The van der Waals surface area contributed by atoms with Gasteiger partial charge in [0.15, 0.2) is 0 Å². The van der Waals surface area contributed by atoms with E-state index in [4.69, 9.17) is 15.2 Å². The number of nitrogens with zero attached hydrogens (tertiary/aromatic N) is 3. The summed E-state index contributed by atoms with van der Waals surface area (Å²) in [5.74, 6) is -0.00796. The highest BCUT2D eigenvalue weighted by atomic mass is 35.5. The number of morpholine rings is 1. The molecule has 10 heteroatoms. The first-order valence-electron chi connectivity index (χ1n) is 8.62. The first-order chi connectivity index (χ1) is 11.0. The van der Waals surface area contributed by atoms with Crippen LogP contribution in [0.2, 0.25) is 0 Å². The Balaban J connectivity index is 0. The number of carbonyl (C=O) groups excluding carboxylic acids is 1. The fourth-order valence-electron chi connectivity index (χ4n) is 3.25.